The Labute approximate surface area is 206 Å². The Morgan fingerprint density at radius 3 is 2.11 bits per heavy atom. The molecule has 0 bridgehead atoms. The predicted molar refractivity (Wildman–Crippen MR) is 139 cm³/mol. The van der Waals surface area contributed by atoms with Gasteiger partial charge < -0.3 is 15.2 Å². The minimum Gasteiger partial charge on any atom is -0.495 e. The van der Waals surface area contributed by atoms with Crippen LogP contribution in [-0.2, 0) is 0 Å². The van der Waals surface area contributed by atoms with Crippen molar-refractivity contribution in [1.82, 2.24) is 10.2 Å². The molecule has 6 nitrogen and oxygen atoms in total. The standard InChI is InChI=1S/C28H20ClN3O3/c1-35-25-15-14-21(29)16-24(25)30-27-23-5-3-2-4-22(23)26(31-32-27)19-10-6-17(7-11-19)18-8-12-20(13-9-18)28(33)34/h2-16H,1H3,(H,30,32)(H,33,34). The molecular weight excluding hydrogens is 462 g/mol. The van der Waals surface area contributed by atoms with Gasteiger partial charge in [0.15, 0.2) is 5.82 Å². The Hall–Kier alpha value is -4.42. The van der Waals surface area contributed by atoms with E-state index in [9.17, 15) is 4.79 Å². The second kappa shape index (κ2) is 9.44. The number of aromatic nitrogens is 2. The molecule has 0 atom stereocenters. The third-order valence-electron chi connectivity index (χ3n) is 5.73. The predicted octanol–water partition coefficient (Wildman–Crippen LogP) is 7.07. The number of carbonyl (C=O) groups is 1. The fourth-order valence-electron chi connectivity index (χ4n) is 3.94. The van der Waals surface area contributed by atoms with E-state index >= 15 is 0 Å². The van der Waals surface area contributed by atoms with Crippen LogP contribution in [0.2, 0.25) is 5.02 Å². The highest BCUT2D eigenvalue weighted by Gasteiger charge is 2.13. The molecule has 1 aromatic heterocycles. The first-order valence-electron chi connectivity index (χ1n) is 10.8. The van der Waals surface area contributed by atoms with Gasteiger partial charge in [-0.3, -0.25) is 0 Å². The van der Waals surface area contributed by atoms with E-state index < -0.39 is 5.97 Å². The minimum atomic E-state index is -0.941. The van der Waals surface area contributed by atoms with E-state index in [0.29, 0.717) is 22.3 Å². The number of rotatable bonds is 6. The summed E-state index contributed by atoms with van der Waals surface area (Å²) in [6, 6.07) is 28.0. The van der Waals surface area contributed by atoms with Crippen LogP contribution < -0.4 is 10.1 Å². The van der Waals surface area contributed by atoms with Gasteiger partial charge in [-0.25, -0.2) is 4.79 Å². The number of nitrogens with one attached hydrogen (secondary N) is 1. The van der Waals surface area contributed by atoms with E-state index in [2.05, 4.69) is 15.5 Å². The van der Waals surface area contributed by atoms with E-state index in [4.69, 9.17) is 21.4 Å². The van der Waals surface area contributed by atoms with Crippen molar-refractivity contribution in [2.75, 3.05) is 12.4 Å². The molecule has 0 saturated carbocycles. The van der Waals surface area contributed by atoms with Gasteiger partial charge >= 0.3 is 5.97 Å². The number of fused-ring (bicyclic) bond motifs is 1. The summed E-state index contributed by atoms with van der Waals surface area (Å²) in [5.74, 6) is 0.306. The Balaban J connectivity index is 1.50. The van der Waals surface area contributed by atoms with E-state index in [1.807, 2.05) is 48.5 Å². The SMILES string of the molecule is COc1ccc(Cl)cc1Nc1nnc(-c2ccc(-c3ccc(C(=O)O)cc3)cc2)c2ccccc12. The second-order valence-electron chi connectivity index (χ2n) is 7.87. The summed E-state index contributed by atoms with van der Waals surface area (Å²) in [6.45, 7) is 0. The molecule has 0 saturated heterocycles. The van der Waals surface area contributed by atoms with Gasteiger partial charge in [0.1, 0.15) is 11.4 Å². The molecule has 0 aliphatic rings. The van der Waals surface area contributed by atoms with Gasteiger partial charge in [-0.1, -0.05) is 72.3 Å². The monoisotopic (exact) mass is 481 g/mol. The first kappa shape index (κ1) is 22.4. The average Bonchev–Trinajstić information content (AvgIpc) is 2.89. The molecule has 0 fully saturated rings. The molecule has 0 aliphatic carbocycles. The summed E-state index contributed by atoms with van der Waals surface area (Å²) in [7, 11) is 1.60. The molecule has 172 valence electrons. The largest absolute Gasteiger partial charge is 0.495 e. The van der Waals surface area contributed by atoms with Crippen molar-refractivity contribution >= 4 is 39.8 Å². The zero-order valence-electron chi connectivity index (χ0n) is 18.7. The van der Waals surface area contributed by atoms with Gasteiger partial charge in [0.2, 0.25) is 0 Å². The second-order valence-corrected chi connectivity index (χ2v) is 8.31. The van der Waals surface area contributed by atoms with Gasteiger partial charge in [0, 0.05) is 21.4 Å². The van der Waals surface area contributed by atoms with Gasteiger partial charge in [-0.2, -0.15) is 0 Å². The number of hydrogen-bond acceptors (Lipinski definition) is 5. The van der Waals surface area contributed by atoms with Crippen molar-refractivity contribution < 1.29 is 14.6 Å². The van der Waals surface area contributed by atoms with E-state index in [-0.39, 0.29) is 5.56 Å². The number of carboxylic acids is 1. The van der Waals surface area contributed by atoms with Crippen molar-refractivity contribution in [1.29, 1.82) is 0 Å². The number of aromatic carboxylic acids is 1. The highest BCUT2D eigenvalue weighted by molar-refractivity contribution is 6.31. The summed E-state index contributed by atoms with van der Waals surface area (Å²) in [4.78, 5) is 11.1. The first-order chi connectivity index (χ1) is 17.0. The van der Waals surface area contributed by atoms with Crippen molar-refractivity contribution in [3.05, 3.63) is 102 Å². The number of anilines is 2. The molecule has 5 rings (SSSR count). The van der Waals surface area contributed by atoms with E-state index in [1.165, 1.54) is 0 Å². The Morgan fingerprint density at radius 1 is 0.829 bits per heavy atom. The Bertz CT molecular complexity index is 1530. The van der Waals surface area contributed by atoms with Crippen LogP contribution in [0.25, 0.3) is 33.2 Å². The third-order valence-corrected chi connectivity index (χ3v) is 5.96. The van der Waals surface area contributed by atoms with Crippen LogP contribution in [0, 0.1) is 0 Å². The van der Waals surface area contributed by atoms with Gasteiger partial charge in [-0.05, 0) is 41.5 Å². The molecule has 0 radical (unpaired) electrons. The van der Waals surface area contributed by atoms with Crippen LogP contribution in [0.1, 0.15) is 10.4 Å². The average molecular weight is 482 g/mol. The number of halogens is 1. The highest BCUT2D eigenvalue weighted by Crippen LogP contribution is 2.35. The fourth-order valence-corrected chi connectivity index (χ4v) is 4.11. The normalized spacial score (nSPS) is 10.8. The number of benzene rings is 4. The molecule has 5 aromatic rings. The maximum atomic E-state index is 11.1. The first-order valence-corrected chi connectivity index (χ1v) is 11.2. The number of hydrogen-bond donors (Lipinski definition) is 2. The molecule has 0 spiro atoms. The topological polar surface area (TPSA) is 84.3 Å². The van der Waals surface area contributed by atoms with Crippen molar-refractivity contribution in [2.45, 2.75) is 0 Å². The zero-order valence-corrected chi connectivity index (χ0v) is 19.5. The van der Waals surface area contributed by atoms with Crippen LogP contribution in [0.5, 0.6) is 5.75 Å². The van der Waals surface area contributed by atoms with E-state index in [1.54, 1.807) is 49.6 Å². The zero-order chi connectivity index (χ0) is 24.4. The molecule has 4 aromatic carbocycles. The summed E-state index contributed by atoms with van der Waals surface area (Å²) in [5, 5.41) is 23.9. The lowest BCUT2D eigenvalue weighted by atomic mass is 9.99. The number of methoxy groups -OCH3 is 1. The smallest absolute Gasteiger partial charge is 0.335 e. The minimum absolute atomic E-state index is 0.260. The summed E-state index contributed by atoms with van der Waals surface area (Å²) in [5.41, 5.74) is 4.56. The molecule has 2 N–H and O–H groups in total. The Kier molecular flexibility index (Phi) is 6.04. The lowest BCUT2D eigenvalue weighted by Gasteiger charge is -2.14. The molecule has 0 unspecified atom stereocenters. The number of nitrogens with zero attached hydrogens (tertiary/aromatic N) is 2. The Morgan fingerprint density at radius 2 is 1.46 bits per heavy atom. The molecular formula is C28H20ClN3O3. The molecule has 7 heteroatoms. The lowest BCUT2D eigenvalue weighted by Crippen LogP contribution is -2.01. The quantitative estimate of drug-likeness (QED) is 0.270. The summed E-state index contributed by atoms with van der Waals surface area (Å²) in [6.07, 6.45) is 0. The lowest BCUT2D eigenvalue weighted by molar-refractivity contribution is 0.0697. The van der Waals surface area contributed by atoms with Crippen molar-refractivity contribution in [2.24, 2.45) is 0 Å². The van der Waals surface area contributed by atoms with Crippen LogP contribution >= 0.6 is 11.6 Å². The maximum absolute atomic E-state index is 11.1. The van der Waals surface area contributed by atoms with Gasteiger partial charge in [0.25, 0.3) is 0 Å². The summed E-state index contributed by atoms with van der Waals surface area (Å²) < 4.78 is 5.45. The molecule has 0 aliphatic heterocycles. The third kappa shape index (κ3) is 4.52. The van der Waals surface area contributed by atoms with Crippen LogP contribution in [0.15, 0.2) is 91.0 Å². The maximum Gasteiger partial charge on any atom is 0.335 e. The van der Waals surface area contributed by atoms with Crippen LogP contribution in [0.3, 0.4) is 0 Å². The van der Waals surface area contributed by atoms with Crippen LogP contribution in [-0.4, -0.2) is 28.4 Å². The molecule has 35 heavy (non-hydrogen) atoms. The van der Waals surface area contributed by atoms with Gasteiger partial charge in [0.05, 0.1) is 18.4 Å². The van der Waals surface area contributed by atoms with Crippen molar-refractivity contribution in [3.63, 3.8) is 0 Å². The van der Waals surface area contributed by atoms with Gasteiger partial charge in [-0.15, -0.1) is 10.2 Å². The number of ether oxygens (including phenoxy) is 1. The number of carboxylic acid groups (broad SMARTS) is 1. The molecule has 0 amide bonds. The van der Waals surface area contributed by atoms with Crippen LogP contribution in [0.4, 0.5) is 11.5 Å². The van der Waals surface area contributed by atoms with Crippen molar-refractivity contribution in [3.8, 4) is 28.1 Å². The fraction of sp³-hybridized carbons (Fsp3) is 0.0357. The molecule has 1 heterocycles. The summed E-state index contributed by atoms with van der Waals surface area (Å²) >= 11 is 6.18. The highest BCUT2D eigenvalue weighted by atomic mass is 35.5. The van der Waals surface area contributed by atoms with E-state index in [0.717, 1.165) is 33.2 Å².